The van der Waals surface area contributed by atoms with Crippen LogP contribution in [0, 0.1) is 23.0 Å². The van der Waals surface area contributed by atoms with Gasteiger partial charge in [0.05, 0.1) is 28.4 Å². The number of halogens is 3. The molecule has 1 aliphatic heterocycles. The van der Waals surface area contributed by atoms with Crippen LogP contribution in [-0.2, 0) is 33.1 Å². The third-order valence-electron chi connectivity index (χ3n) is 7.77. The molecule has 4 aromatic rings. The van der Waals surface area contributed by atoms with Crippen molar-refractivity contribution >= 4 is 23.4 Å². The highest BCUT2D eigenvalue weighted by molar-refractivity contribution is 7.10. The van der Waals surface area contributed by atoms with Gasteiger partial charge in [0.15, 0.2) is 0 Å². The smallest absolute Gasteiger partial charge is 0.412 e. The normalized spacial score (nSPS) is 16.2. The number of carbonyl (C=O) groups is 2. The number of hydrogen-bond donors (Lipinski definition) is 1. The summed E-state index contributed by atoms with van der Waals surface area (Å²) < 4.78 is 42.9. The van der Waals surface area contributed by atoms with Gasteiger partial charge in [-0.05, 0) is 43.2 Å². The third kappa shape index (κ3) is 7.85. The SMILES string of the molecule is CC(=O)OC[C@@H]1CCCN1C(=O)OC[n+]1cnn(C[C@](O)(c2cc(F)ccc2F)[C@@H](C)c2nc(-c3ccc(C#N)cc3)cs2)c1.[I-]. The summed E-state index contributed by atoms with van der Waals surface area (Å²) in [6, 6.07) is 11.6. The van der Waals surface area contributed by atoms with E-state index in [-0.39, 0.29) is 55.5 Å². The molecular weight excluding hydrogens is 733 g/mol. The number of benzene rings is 2. The summed E-state index contributed by atoms with van der Waals surface area (Å²) in [5.41, 5.74) is -0.374. The summed E-state index contributed by atoms with van der Waals surface area (Å²) in [5.74, 6) is -2.75. The van der Waals surface area contributed by atoms with Crippen molar-refractivity contribution in [1.82, 2.24) is 19.7 Å². The number of esters is 1. The highest BCUT2D eigenvalue weighted by atomic mass is 127. The van der Waals surface area contributed by atoms with Gasteiger partial charge in [-0.25, -0.2) is 23.1 Å². The standard InChI is InChI=1S/C31H31F2N6O5S.HI/c1-20(29-36-28(15-45-29)23-7-5-22(13-34)6-8-23)31(42,26-12-24(32)9-10-27(26)33)16-38-18-37(17-35-38)19-44-30(41)39-11-3-4-25(39)14-43-21(2)40;/h5-10,12,15,17-18,20,25,42H,3-4,11,14,16,19H2,1-2H3;1H/q+1;/p-1/t20-,25-,31+;/m0./s1. The second-order valence-electron chi connectivity index (χ2n) is 10.8. The van der Waals surface area contributed by atoms with Crippen molar-refractivity contribution < 1.29 is 61.5 Å². The first-order valence-electron chi connectivity index (χ1n) is 14.2. The van der Waals surface area contributed by atoms with Gasteiger partial charge in [-0.2, -0.15) is 5.26 Å². The van der Waals surface area contributed by atoms with E-state index in [1.807, 2.05) is 0 Å². The molecular formula is C31H31F2IN6O5S. The predicted molar refractivity (Wildman–Crippen MR) is 156 cm³/mol. The first-order chi connectivity index (χ1) is 21.6. The Hall–Kier alpha value is -4.01. The Balaban J connectivity index is 0.00000480. The zero-order valence-electron chi connectivity index (χ0n) is 25.0. The van der Waals surface area contributed by atoms with E-state index in [9.17, 15) is 19.1 Å². The molecule has 2 aromatic carbocycles. The molecule has 15 heteroatoms. The zero-order chi connectivity index (χ0) is 32.1. The van der Waals surface area contributed by atoms with Crippen LogP contribution in [0.1, 0.15) is 48.7 Å². The minimum atomic E-state index is -1.99. The van der Waals surface area contributed by atoms with Crippen LogP contribution in [0.3, 0.4) is 0 Å². The van der Waals surface area contributed by atoms with E-state index >= 15 is 4.39 Å². The van der Waals surface area contributed by atoms with E-state index in [4.69, 9.17) is 14.7 Å². The number of likely N-dealkylation sites (tertiary alicyclic amines) is 1. The molecule has 0 aliphatic carbocycles. The van der Waals surface area contributed by atoms with Crippen LogP contribution in [0.15, 0.2) is 60.5 Å². The zero-order valence-corrected chi connectivity index (χ0v) is 28.0. The molecule has 1 amide bonds. The number of hydrogen-bond acceptors (Lipinski definition) is 9. The fraction of sp³-hybridized carbons (Fsp3) is 0.355. The molecule has 0 spiro atoms. The largest absolute Gasteiger partial charge is 1.00 e. The molecule has 0 radical (unpaired) electrons. The molecule has 242 valence electrons. The van der Waals surface area contributed by atoms with E-state index in [0.717, 1.165) is 30.2 Å². The van der Waals surface area contributed by atoms with Gasteiger partial charge in [-0.3, -0.25) is 4.79 Å². The fourth-order valence-electron chi connectivity index (χ4n) is 5.26. The second-order valence-corrected chi connectivity index (χ2v) is 11.7. The molecule has 11 nitrogen and oxygen atoms in total. The Morgan fingerprint density at radius 3 is 2.72 bits per heavy atom. The Bertz CT molecular complexity index is 1730. The third-order valence-corrected chi connectivity index (χ3v) is 8.80. The van der Waals surface area contributed by atoms with Gasteiger partial charge in [0.1, 0.15) is 30.4 Å². The molecule has 5 rings (SSSR count). The average molecular weight is 765 g/mol. The minimum absolute atomic E-state index is 0. The maximum atomic E-state index is 15.2. The van der Waals surface area contributed by atoms with Crippen molar-refractivity contribution in [1.29, 1.82) is 5.26 Å². The number of rotatable bonds is 10. The van der Waals surface area contributed by atoms with Crippen molar-refractivity contribution in [2.45, 2.75) is 57.5 Å². The summed E-state index contributed by atoms with van der Waals surface area (Å²) in [4.78, 5) is 30.1. The van der Waals surface area contributed by atoms with Crippen LogP contribution in [0.2, 0.25) is 0 Å². The molecule has 1 saturated heterocycles. The van der Waals surface area contributed by atoms with Crippen LogP contribution >= 0.6 is 11.3 Å². The molecule has 0 saturated carbocycles. The monoisotopic (exact) mass is 764 g/mol. The van der Waals surface area contributed by atoms with Gasteiger partial charge in [-0.15, -0.1) is 16.0 Å². The molecule has 2 aromatic heterocycles. The number of aliphatic hydroxyl groups is 1. The Morgan fingerprint density at radius 1 is 1.24 bits per heavy atom. The first kappa shape index (κ1) is 34.9. The molecule has 1 fully saturated rings. The highest BCUT2D eigenvalue weighted by Gasteiger charge is 2.43. The fourth-order valence-corrected chi connectivity index (χ4v) is 6.23. The summed E-state index contributed by atoms with van der Waals surface area (Å²) in [6.45, 7) is 3.07. The van der Waals surface area contributed by atoms with Gasteiger partial charge >= 0.3 is 12.1 Å². The number of thiazole rings is 1. The number of amides is 1. The van der Waals surface area contributed by atoms with Crippen molar-refractivity contribution in [3.05, 3.63) is 88.3 Å². The predicted octanol–water partition coefficient (Wildman–Crippen LogP) is 1.26. The molecule has 0 unspecified atom stereocenters. The van der Waals surface area contributed by atoms with Crippen molar-refractivity contribution in [2.24, 2.45) is 0 Å². The number of carbonyl (C=O) groups excluding carboxylic acids is 2. The molecule has 1 aliphatic rings. The van der Waals surface area contributed by atoms with E-state index in [0.29, 0.717) is 29.2 Å². The second kappa shape index (κ2) is 15.1. The Kier molecular flexibility index (Phi) is 11.4. The quantitative estimate of drug-likeness (QED) is 0.145. The van der Waals surface area contributed by atoms with E-state index in [1.165, 1.54) is 45.1 Å². The maximum absolute atomic E-state index is 15.2. The number of aromatic nitrogens is 4. The molecule has 1 N–H and O–H groups in total. The van der Waals surface area contributed by atoms with E-state index < -0.39 is 35.2 Å². The van der Waals surface area contributed by atoms with Gasteiger partial charge in [-0.1, -0.05) is 19.1 Å². The molecule has 0 bridgehead atoms. The lowest BCUT2D eigenvalue weighted by Crippen LogP contribution is -3.00. The lowest BCUT2D eigenvalue weighted by Gasteiger charge is -2.32. The highest BCUT2D eigenvalue weighted by Crippen LogP contribution is 2.41. The maximum Gasteiger partial charge on any atom is 0.412 e. The lowest BCUT2D eigenvalue weighted by molar-refractivity contribution is -0.728. The van der Waals surface area contributed by atoms with Crippen molar-refractivity contribution in [3.8, 4) is 17.3 Å². The van der Waals surface area contributed by atoms with Gasteiger partial charge in [0, 0.05) is 41.0 Å². The van der Waals surface area contributed by atoms with E-state index in [2.05, 4.69) is 16.2 Å². The van der Waals surface area contributed by atoms with Gasteiger partial charge in [0.25, 0.3) is 6.33 Å². The molecule has 46 heavy (non-hydrogen) atoms. The summed E-state index contributed by atoms with van der Waals surface area (Å²) in [7, 11) is 0. The van der Waals surface area contributed by atoms with E-state index in [1.54, 1.807) is 36.6 Å². The van der Waals surface area contributed by atoms with Gasteiger partial charge in [0.2, 0.25) is 13.1 Å². The lowest BCUT2D eigenvalue weighted by atomic mass is 9.82. The first-order valence-corrected chi connectivity index (χ1v) is 15.1. The van der Waals surface area contributed by atoms with Crippen LogP contribution in [0.4, 0.5) is 13.6 Å². The van der Waals surface area contributed by atoms with Crippen LogP contribution in [-0.4, -0.2) is 56.0 Å². The van der Waals surface area contributed by atoms with Crippen molar-refractivity contribution in [2.75, 3.05) is 13.2 Å². The summed E-state index contributed by atoms with van der Waals surface area (Å²) >= 11 is 1.26. The van der Waals surface area contributed by atoms with Crippen molar-refractivity contribution in [3.63, 3.8) is 0 Å². The summed E-state index contributed by atoms with van der Waals surface area (Å²) in [6.07, 6.45) is 3.74. The topological polar surface area (TPSA) is 134 Å². The molecule has 3 heterocycles. The van der Waals surface area contributed by atoms with Gasteiger partial charge < -0.3 is 43.5 Å². The molecule has 3 atom stereocenters. The Morgan fingerprint density at radius 2 is 2.00 bits per heavy atom. The summed E-state index contributed by atoms with van der Waals surface area (Å²) in [5, 5.41) is 27.7. The van der Waals surface area contributed by atoms with Crippen LogP contribution in [0.5, 0.6) is 0 Å². The average Bonchev–Trinajstić information content (AvgIpc) is 3.81. The Labute approximate surface area is 285 Å². The van der Waals surface area contributed by atoms with Crippen LogP contribution < -0.4 is 28.5 Å². The van der Waals surface area contributed by atoms with Crippen LogP contribution in [0.25, 0.3) is 11.3 Å². The number of nitriles is 1. The number of ether oxygens (including phenoxy) is 2. The minimum Gasteiger partial charge on any atom is -1.00 e. The number of nitrogens with zero attached hydrogens (tertiary/aromatic N) is 6.